The molecule has 0 aromatic rings. The lowest BCUT2D eigenvalue weighted by molar-refractivity contribution is -0.145. The van der Waals surface area contributed by atoms with E-state index in [1.165, 1.54) is 7.11 Å². The minimum Gasteiger partial charge on any atom is -0.469 e. The molecule has 0 aliphatic heterocycles. The van der Waals surface area contributed by atoms with Gasteiger partial charge in [0.2, 0.25) is 0 Å². The summed E-state index contributed by atoms with van der Waals surface area (Å²) in [7, 11) is 1.37. The van der Waals surface area contributed by atoms with Crippen molar-refractivity contribution in [2.24, 2.45) is 5.92 Å². The fourth-order valence-corrected chi connectivity index (χ4v) is 2.03. The zero-order chi connectivity index (χ0) is 13.1. The molecule has 1 saturated carbocycles. The molecule has 0 aromatic heterocycles. The van der Waals surface area contributed by atoms with Crippen LogP contribution in [0.2, 0.25) is 0 Å². The van der Waals surface area contributed by atoms with E-state index in [2.05, 4.69) is 5.32 Å². The van der Waals surface area contributed by atoms with Crippen LogP contribution >= 0.6 is 0 Å². The van der Waals surface area contributed by atoms with Crippen LogP contribution in [-0.2, 0) is 14.3 Å². The van der Waals surface area contributed by atoms with E-state index in [9.17, 15) is 9.59 Å². The number of carbonyl (C=O) groups is 2. The number of hydrogen-bond acceptors (Lipinski definition) is 4. The van der Waals surface area contributed by atoms with E-state index >= 15 is 0 Å². The van der Waals surface area contributed by atoms with Crippen LogP contribution in [0.1, 0.15) is 40.0 Å². The molecule has 1 aliphatic carbocycles. The van der Waals surface area contributed by atoms with Crippen molar-refractivity contribution in [3.8, 4) is 0 Å². The van der Waals surface area contributed by atoms with E-state index in [0.717, 1.165) is 19.3 Å². The molecular weight excluding hydrogens is 222 g/mol. The Hall–Kier alpha value is -1.26. The quantitative estimate of drug-likeness (QED) is 0.752. The van der Waals surface area contributed by atoms with Crippen LogP contribution in [0.15, 0.2) is 0 Å². The molecule has 0 radical (unpaired) electrons. The lowest BCUT2D eigenvalue weighted by Crippen LogP contribution is -2.43. The van der Waals surface area contributed by atoms with Crippen molar-refractivity contribution in [2.45, 2.75) is 51.7 Å². The molecule has 0 saturated heterocycles. The predicted molar refractivity (Wildman–Crippen MR) is 62.5 cm³/mol. The number of rotatable bonds is 2. The number of carbonyl (C=O) groups excluding carboxylic acids is 2. The smallest absolute Gasteiger partial charge is 0.407 e. The Labute approximate surface area is 102 Å². The van der Waals surface area contributed by atoms with Crippen LogP contribution in [-0.4, -0.2) is 30.8 Å². The summed E-state index contributed by atoms with van der Waals surface area (Å²) in [5.41, 5.74) is -0.524. The number of alkyl carbamates (subject to hydrolysis) is 1. The molecule has 1 fully saturated rings. The van der Waals surface area contributed by atoms with Crippen molar-refractivity contribution in [1.29, 1.82) is 0 Å². The standard InChI is InChI=1S/C12H21NO4/c1-12(2,3)17-11(15)13-9-7-5-6-8(9)10(14)16-4/h8-9H,5-7H2,1-4H3,(H,13,15)/t8-,9+/m0/s1. The maximum atomic E-state index is 11.6. The lowest BCUT2D eigenvalue weighted by atomic mass is 10.0. The molecule has 0 spiro atoms. The predicted octanol–water partition coefficient (Wildman–Crippen LogP) is 1.85. The average molecular weight is 243 g/mol. The number of methoxy groups -OCH3 is 1. The molecular formula is C12H21NO4. The van der Waals surface area contributed by atoms with E-state index in [1.807, 2.05) is 0 Å². The van der Waals surface area contributed by atoms with Gasteiger partial charge in [-0.2, -0.15) is 0 Å². The molecule has 0 unspecified atom stereocenters. The lowest BCUT2D eigenvalue weighted by Gasteiger charge is -2.23. The summed E-state index contributed by atoms with van der Waals surface area (Å²) >= 11 is 0. The third-order valence-electron chi connectivity index (χ3n) is 2.72. The van der Waals surface area contributed by atoms with Crippen LogP contribution < -0.4 is 5.32 Å². The van der Waals surface area contributed by atoms with Gasteiger partial charge in [-0.05, 0) is 33.6 Å². The number of ether oxygens (including phenoxy) is 2. The highest BCUT2D eigenvalue weighted by Crippen LogP contribution is 2.27. The first-order valence-corrected chi connectivity index (χ1v) is 5.91. The van der Waals surface area contributed by atoms with Crippen molar-refractivity contribution in [3.05, 3.63) is 0 Å². The third-order valence-corrected chi connectivity index (χ3v) is 2.72. The summed E-state index contributed by atoms with van der Waals surface area (Å²) in [4.78, 5) is 23.1. The fraction of sp³-hybridized carbons (Fsp3) is 0.833. The summed E-state index contributed by atoms with van der Waals surface area (Å²) < 4.78 is 9.87. The average Bonchev–Trinajstić information content (AvgIpc) is 2.61. The van der Waals surface area contributed by atoms with Gasteiger partial charge in [-0.15, -0.1) is 0 Å². The van der Waals surface area contributed by atoms with Gasteiger partial charge in [-0.25, -0.2) is 4.79 Å². The van der Waals surface area contributed by atoms with Gasteiger partial charge < -0.3 is 14.8 Å². The first-order chi connectivity index (χ1) is 7.83. The Balaban J connectivity index is 2.50. The number of hydrogen-bond donors (Lipinski definition) is 1. The van der Waals surface area contributed by atoms with Gasteiger partial charge in [0.1, 0.15) is 5.60 Å². The molecule has 17 heavy (non-hydrogen) atoms. The van der Waals surface area contributed by atoms with Crippen LogP contribution in [0.25, 0.3) is 0 Å². The first kappa shape index (κ1) is 13.8. The molecule has 1 rings (SSSR count). The van der Waals surface area contributed by atoms with Crippen LogP contribution in [0, 0.1) is 5.92 Å². The van der Waals surface area contributed by atoms with Crippen LogP contribution in [0.5, 0.6) is 0 Å². The molecule has 0 aromatic carbocycles. The summed E-state index contributed by atoms with van der Waals surface area (Å²) in [5.74, 6) is -0.504. The van der Waals surface area contributed by atoms with E-state index < -0.39 is 11.7 Å². The Bertz CT molecular complexity index is 295. The molecule has 1 N–H and O–H groups in total. The van der Waals surface area contributed by atoms with Crippen molar-refractivity contribution in [3.63, 3.8) is 0 Å². The van der Waals surface area contributed by atoms with E-state index in [-0.39, 0.29) is 17.9 Å². The Kier molecular flexibility index (Phi) is 4.37. The Morgan fingerprint density at radius 3 is 2.41 bits per heavy atom. The molecule has 2 atom stereocenters. The van der Waals surface area contributed by atoms with E-state index in [1.54, 1.807) is 20.8 Å². The highest BCUT2D eigenvalue weighted by atomic mass is 16.6. The number of amides is 1. The maximum absolute atomic E-state index is 11.6. The minimum absolute atomic E-state index is 0.169. The molecule has 5 nitrogen and oxygen atoms in total. The van der Waals surface area contributed by atoms with Crippen LogP contribution in [0.4, 0.5) is 4.79 Å². The normalized spacial score (nSPS) is 24.2. The Morgan fingerprint density at radius 1 is 1.24 bits per heavy atom. The fourth-order valence-electron chi connectivity index (χ4n) is 2.03. The highest BCUT2D eigenvalue weighted by molar-refractivity contribution is 5.75. The zero-order valence-electron chi connectivity index (χ0n) is 10.9. The van der Waals surface area contributed by atoms with Gasteiger partial charge >= 0.3 is 12.1 Å². The van der Waals surface area contributed by atoms with E-state index in [0.29, 0.717) is 0 Å². The second-order valence-corrected chi connectivity index (χ2v) is 5.31. The molecule has 0 bridgehead atoms. The second-order valence-electron chi connectivity index (χ2n) is 5.31. The second kappa shape index (κ2) is 5.38. The zero-order valence-corrected chi connectivity index (χ0v) is 10.9. The summed E-state index contributed by atoms with van der Waals surface area (Å²) in [6.45, 7) is 5.41. The largest absolute Gasteiger partial charge is 0.469 e. The van der Waals surface area contributed by atoms with Crippen LogP contribution in [0.3, 0.4) is 0 Å². The Morgan fingerprint density at radius 2 is 1.88 bits per heavy atom. The number of nitrogens with one attached hydrogen (secondary N) is 1. The summed E-state index contributed by atoms with van der Waals surface area (Å²) in [5, 5.41) is 2.74. The van der Waals surface area contributed by atoms with Gasteiger partial charge in [-0.3, -0.25) is 4.79 Å². The first-order valence-electron chi connectivity index (χ1n) is 5.91. The van der Waals surface area contributed by atoms with Crippen molar-refractivity contribution >= 4 is 12.1 Å². The van der Waals surface area contributed by atoms with Gasteiger partial charge in [0.25, 0.3) is 0 Å². The SMILES string of the molecule is COC(=O)[C@H]1CCC[C@H]1NC(=O)OC(C)(C)C. The summed E-state index contributed by atoms with van der Waals surface area (Å²) in [6.07, 6.45) is 1.99. The van der Waals surface area contributed by atoms with Gasteiger partial charge in [0, 0.05) is 6.04 Å². The van der Waals surface area contributed by atoms with Crippen molar-refractivity contribution in [2.75, 3.05) is 7.11 Å². The molecule has 0 heterocycles. The molecule has 1 amide bonds. The molecule has 1 aliphatic rings. The topological polar surface area (TPSA) is 64.6 Å². The van der Waals surface area contributed by atoms with Gasteiger partial charge in [-0.1, -0.05) is 6.42 Å². The molecule has 98 valence electrons. The third kappa shape index (κ3) is 4.24. The van der Waals surface area contributed by atoms with Gasteiger partial charge in [0.05, 0.1) is 13.0 Å². The van der Waals surface area contributed by atoms with Gasteiger partial charge in [0.15, 0.2) is 0 Å². The minimum atomic E-state index is -0.524. The number of esters is 1. The monoisotopic (exact) mass is 243 g/mol. The van der Waals surface area contributed by atoms with Crippen molar-refractivity contribution in [1.82, 2.24) is 5.32 Å². The van der Waals surface area contributed by atoms with Crippen molar-refractivity contribution < 1.29 is 19.1 Å². The maximum Gasteiger partial charge on any atom is 0.407 e. The van der Waals surface area contributed by atoms with E-state index in [4.69, 9.17) is 9.47 Å². The summed E-state index contributed by atoms with van der Waals surface area (Å²) in [6, 6.07) is -0.169. The molecule has 5 heteroatoms. The highest BCUT2D eigenvalue weighted by Gasteiger charge is 2.35.